The highest BCUT2D eigenvalue weighted by molar-refractivity contribution is 7.14. The summed E-state index contributed by atoms with van der Waals surface area (Å²) in [5, 5.41) is 5.74. The first-order valence-corrected chi connectivity index (χ1v) is 10.0. The minimum Gasteiger partial charge on any atom is -0.496 e. The molecule has 1 N–H and O–H groups in total. The molecule has 2 aromatic rings. The van der Waals surface area contributed by atoms with Crippen LogP contribution in [0.3, 0.4) is 0 Å². The van der Waals surface area contributed by atoms with Gasteiger partial charge in [-0.05, 0) is 29.6 Å². The number of benzene rings is 1. The summed E-state index contributed by atoms with van der Waals surface area (Å²) in [6, 6.07) is 7.00. The molecule has 2 amide bonds. The van der Waals surface area contributed by atoms with Crippen molar-refractivity contribution in [2.75, 3.05) is 45.7 Å². The smallest absolute Gasteiger partial charge is 0.340 e. The number of thiophene rings is 1. The fraction of sp³-hybridized carbons (Fsp3) is 0.368. The van der Waals surface area contributed by atoms with Crippen molar-refractivity contribution in [2.45, 2.75) is 6.54 Å². The van der Waals surface area contributed by atoms with Crippen molar-refractivity contribution in [1.29, 1.82) is 0 Å². The summed E-state index contributed by atoms with van der Waals surface area (Å²) in [5.74, 6) is 0.342. The minimum absolute atomic E-state index is 0.215. The Bertz CT molecular complexity index is 849. The second-order valence-corrected chi connectivity index (χ2v) is 7.66. The average molecular weight is 424 g/mol. The van der Waals surface area contributed by atoms with E-state index in [1.165, 1.54) is 18.4 Å². The molecule has 1 aliphatic heterocycles. The zero-order valence-corrected chi connectivity index (χ0v) is 17.3. The number of piperazine rings is 1. The molecular weight excluding hydrogens is 402 g/mol. The molecule has 7 nitrogen and oxygen atoms in total. The molecule has 2 heterocycles. The van der Waals surface area contributed by atoms with E-state index in [1.807, 2.05) is 12.1 Å². The zero-order chi connectivity index (χ0) is 20.1. The number of carbonyl (C=O) groups excluding carboxylic acids is 2. The number of anilines is 1. The minimum atomic E-state index is -0.461. The summed E-state index contributed by atoms with van der Waals surface area (Å²) >= 11 is 7.40. The predicted octanol–water partition coefficient (Wildman–Crippen LogP) is 3.55. The maximum absolute atomic E-state index is 12.6. The van der Waals surface area contributed by atoms with E-state index in [2.05, 4.69) is 10.2 Å². The lowest BCUT2D eigenvalue weighted by Gasteiger charge is -2.34. The molecule has 0 atom stereocenters. The van der Waals surface area contributed by atoms with Crippen LogP contribution in [-0.2, 0) is 11.3 Å². The van der Waals surface area contributed by atoms with E-state index in [4.69, 9.17) is 21.1 Å². The van der Waals surface area contributed by atoms with Crippen LogP contribution >= 0.6 is 22.9 Å². The van der Waals surface area contributed by atoms with E-state index in [9.17, 15) is 9.59 Å². The number of hydrogen-bond donors (Lipinski definition) is 1. The van der Waals surface area contributed by atoms with Crippen molar-refractivity contribution < 1.29 is 19.1 Å². The lowest BCUT2D eigenvalue weighted by molar-refractivity contribution is 0.0602. The van der Waals surface area contributed by atoms with Gasteiger partial charge in [-0.15, -0.1) is 11.3 Å². The molecule has 1 aromatic heterocycles. The lowest BCUT2D eigenvalue weighted by atomic mass is 10.1. The molecule has 9 heteroatoms. The number of rotatable bonds is 5. The average Bonchev–Trinajstić information content (AvgIpc) is 3.16. The molecule has 1 aromatic carbocycles. The summed E-state index contributed by atoms with van der Waals surface area (Å²) in [5.41, 5.74) is 1.39. The number of carbonyl (C=O) groups is 2. The summed E-state index contributed by atoms with van der Waals surface area (Å²) < 4.78 is 10.1. The van der Waals surface area contributed by atoms with E-state index in [0.29, 0.717) is 35.2 Å². The number of amides is 2. The molecule has 150 valence electrons. The third-order valence-electron chi connectivity index (χ3n) is 4.59. The van der Waals surface area contributed by atoms with Crippen molar-refractivity contribution in [3.8, 4) is 5.75 Å². The van der Waals surface area contributed by atoms with Gasteiger partial charge in [-0.1, -0.05) is 11.6 Å². The Morgan fingerprint density at radius 3 is 2.61 bits per heavy atom. The standard InChI is InChI=1S/C19H22ClN3O4S/c1-26-16-4-3-14(20)11-13(16)12-22-6-8-23(9-7-22)19(25)21-17-15(5-10-28-17)18(24)27-2/h3-5,10-11H,6-9,12H2,1-2H3,(H,21,25). The molecule has 1 fully saturated rings. The van der Waals surface area contributed by atoms with Gasteiger partial charge in [-0.25, -0.2) is 9.59 Å². The number of nitrogens with one attached hydrogen (secondary N) is 1. The van der Waals surface area contributed by atoms with Gasteiger partial charge in [-0.3, -0.25) is 10.2 Å². The molecule has 3 rings (SSSR count). The summed E-state index contributed by atoms with van der Waals surface area (Å²) in [7, 11) is 2.96. The van der Waals surface area contributed by atoms with E-state index >= 15 is 0 Å². The summed E-state index contributed by atoms with van der Waals surface area (Å²) in [6.07, 6.45) is 0. The molecule has 0 saturated carbocycles. The first-order valence-electron chi connectivity index (χ1n) is 8.78. The molecule has 0 bridgehead atoms. The van der Waals surface area contributed by atoms with Crippen molar-refractivity contribution in [1.82, 2.24) is 9.80 Å². The van der Waals surface area contributed by atoms with Gasteiger partial charge >= 0.3 is 12.0 Å². The van der Waals surface area contributed by atoms with Crippen molar-refractivity contribution >= 4 is 39.9 Å². The molecule has 0 unspecified atom stereocenters. The summed E-state index contributed by atoms with van der Waals surface area (Å²) in [6.45, 7) is 3.35. The van der Waals surface area contributed by atoms with E-state index in [0.717, 1.165) is 24.4 Å². The molecule has 0 aliphatic carbocycles. The Morgan fingerprint density at radius 1 is 1.18 bits per heavy atom. The fourth-order valence-electron chi connectivity index (χ4n) is 3.07. The van der Waals surface area contributed by atoms with Crippen LogP contribution in [0.25, 0.3) is 0 Å². The Hall–Kier alpha value is -2.29. The fourth-order valence-corrected chi connectivity index (χ4v) is 4.03. The van der Waals surface area contributed by atoms with Gasteiger partial charge in [-0.2, -0.15) is 0 Å². The highest BCUT2D eigenvalue weighted by atomic mass is 35.5. The van der Waals surface area contributed by atoms with Gasteiger partial charge in [0.15, 0.2) is 0 Å². The quantitative estimate of drug-likeness (QED) is 0.745. The number of halogens is 1. The van der Waals surface area contributed by atoms with Crippen molar-refractivity contribution in [2.24, 2.45) is 0 Å². The summed E-state index contributed by atoms with van der Waals surface area (Å²) in [4.78, 5) is 28.3. The highest BCUT2D eigenvalue weighted by Crippen LogP contribution is 2.26. The maximum Gasteiger partial charge on any atom is 0.340 e. The predicted molar refractivity (Wildman–Crippen MR) is 110 cm³/mol. The van der Waals surface area contributed by atoms with Crippen LogP contribution in [0.4, 0.5) is 9.80 Å². The Labute approximate surface area is 172 Å². The van der Waals surface area contributed by atoms with Gasteiger partial charge in [0.2, 0.25) is 0 Å². The Kier molecular flexibility index (Phi) is 6.77. The normalized spacial score (nSPS) is 14.6. The van der Waals surface area contributed by atoms with Crippen LogP contribution in [0.1, 0.15) is 15.9 Å². The van der Waals surface area contributed by atoms with Gasteiger partial charge in [0.25, 0.3) is 0 Å². The van der Waals surface area contributed by atoms with Crippen LogP contribution in [0.5, 0.6) is 5.75 Å². The monoisotopic (exact) mass is 423 g/mol. The zero-order valence-electron chi connectivity index (χ0n) is 15.7. The topological polar surface area (TPSA) is 71.1 Å². The van der Waals surface area contributed by atoms with E-state index in [1.54, 1.807) is 29.5 Å². The first-order chi connectivity index (χ1) is 13.5. The number of nitrogens with zero attached hydrogens (tertiary/aromatic N) is 2. The number of urea groups is 1. The van der Waals surface area contributed by atoms with Crippen molar-refractivity contribution in [3.05, 3.63) is 45.8 Å². The molecule has 1 saturated heterocycles. The van der Waals surface area contributed by atoms with Crippen LogP contribution in [0.15, 0.2) is 29.6 Å². The second-order valence-electron chi connectivity index (χ2n) is 6.30. The lowest BCUT2D eigenvalue weighted by Crippen LogP contribution is -2.49. The largest absolute Gasteiger partial charge is 0.496 e. The van der Waals surface area contributed by atoms with Crippen LogP contribution in [0, 0.1) is 0 Å². The molecule has 0 spiro atoms. The molecular formula is C19H22ClN3O4S. The first kappa shape index (κ1) is 20.4. The third kappa shape index (κ3) is 4.76. The van der Waals surface area contributed by atoms with E-state index in [-0.39, 0.29) is 6.03 Å². The molecule has 1 aliphatic rings. The van der Waals surface area contributed by atoms with Gasteiger partial charge in [0.05, 0.1) is 19.8 Å². The van der Waals surface area contributed by atoms with Crippen molar-refractivity contribution in [3.63, 3.8) is 0 Å². The van der Waals surface area contributed by atoms with E-state index < -0.39 is 5.97 Å². The van der Waals surface area contributed by atoms with Gasteiger partial charge in [0, 0.05) is 43.3 Å². The van der Waals surface area contributed by atoms with Crippen LogP contribution in [-0.4, -0.2) is 62.2 Å². The Balaban J connectivity index is 1.55. The molecule has 0 radical (unpaired) electrons. The van der Waals surface area contributed by atoms with Crippen LogP contribution in [0.2, 0.25) is 5.02 Å². The SMILES string of the molecule is COC(=O)c1ccsc1NC(=O)N1CCN(Cc2cc(Cl)ccc2OC)CC1. The maximum atomic E-state index is 12.6. The molecule has 28 heavy (non-hydrogen) atoms. The number of hydrogen-bond acceptors (Lipinski definition) is 6. The number of esters is 1. The van der Waals surface area contributed by atoms with Crippen LogP contribution < -0.4 is 10.1 Å². The third-order valence-corrected chi connectivity index (χ3v) is 5.65. The second kappa shape index (κ2) is 9.27. The highest BCUT2D eigenvalue weighted by Gasteiger charge is 2.24. The Morgan fingerprint density at radius 2 is 1.93 bits per heavy atom. The number of methoxy groups -OCH3 is 2. The van der Waals surface area contributed by atoms with Gasteiger partial charge in [0.1, 0.15) is 10.8 Å². The number of ether oxygens (including phenoxy) is 2. The van der Waals surface area contributed by atoms with Gasteiger partial charge < -0.3 is 14.4 Å².